The standard InChI is InChI=1S/C14H16N2O2S2/c17-13(9-11-3-1-7-19-11)15-5-6-16-14(18)10-12-4-2-8-20-12/h1-4,7-8H,5-6,9-10H2,(H,15,17)(H,16,18). The number of carbonyl (C=O) groups excluding carboxylic acids is 2. The highest BCUT2D eigenvalue weighted by atomic mass is 32.1. The maximum atomic E-state index is 11.6. The van der Waals surface area contributed by atoms with Gasteiger partial charge >= 0.3 is 0 Å². The summed E-state index contributed by atoms with van der Waals surface area (Å²) in [6, 6.07) is 7.73. The largest absolute Gasteiger partial charge is 0.354 e. The van der Waals surface area contributed by atoms with Gasteiger partial charge in [0, 0.05) is 22.8 Å². The Labute approximate surface area is 125 Å². The molecule has 0 radical (unpaired) electrons. The zero-order valence-electron chi connectivity index (χ0n) is 10.9. The highest BCUT2D eigenvalue weighted by molar-refractivity contribution is 7.10. The van der Waals surface area contributed by atoms with E-state index in [1.807, 2.05) is 35.0 Å². The van der Waals surface area contributed by atoms with Crippen molar-refractivity contribution in [3.05, 3.63) is 44.8 Å². The average molecular weight is 308 g/mol. The lowest BCUT2D eigenvalue weighted by Crippen LogP contribution is -2.35. The van der Waals surface area contributed by atoms with Crippen molar-refractivity contribution >= 4 is 34.5 Å². The smallest absolute Gasteiger partial charge is 0.225 e. The van der Waals surface area contributed by atoms with Crippen LogP contribution >= 0.6 is 22.7 Å². The van der Waals surface area contributed by atoms with E-state index < -0.39 is 0 Å². The van der Waals surface area contributed by atoms with Crippen molar-refractivity contribution in [2.75, 3.05) is 13.1 Å². The molecule has 2 aromatic heterocycles. The van der Waals surface area contributed by atoms with Crippen molar-refractivity contribution in [3.8, 4) is 0 Å². The Hall–Kier alpha value is -1.66. The van der Waals surface area contributed by atoms with Gasteiger partial charge in [0.05, 0.1) is 12.8 Å². The van der Waals surface area contributed by atoms with Crippen LogP contribution in [0.4, 0.5) is 0 Å². The predicted molar refractivity (Wildman–Crippen MR) is 82.1 cm³/mol. The van der Waals surface area contributed by atoms with Crippen molar-refractivity contribution in [2.45, 2.75) is 12.8 Å². The molecular formula is C14H16N2O2S2. The Morgan fingerprint density at radius 3 is 1.65 bits per heavy atom. The molecule has 2 N–H and O–H groups in total. The Balaban J connectivity index is 1.57. The second-order valence-corrected chi connectivity index (χ2v) is 6.28. The van der Waals surface area contributed by atoms with E-state index in [9.17, 15) is 9.59 Å². The van der Waals surface area contributed by atoms with Crippen LogP contribution in [-0.4, -0.2) is 24.9 Å². The molecule has 0 bridgehead atoms. The van der Waals surface area contributed by atoms with Crippen LogP contribution in [0.25, 0.3) is 0 Å². The van der Waals surface area contributed by atoms with E-state index in [0.29, 0.717) is 25.9 Å². The molecule has 2 heterocycles. The van der Waals surface area contributed by atoms with E-state index in [4.69, 9.17) is 0 Å². The topological polar surface area (TPSA) is 58.2 Å². The van der Waals surface area contributed by atoms with Crippen LogP contribution in [0.15, 0.2) is 35.0 Å². The number of nitrogens with one attached hydrogen (secondary N) is 2. The molecule has 0 atom stereocenters. The maximum absolute atomic E-state index is 11.6. The van der Waals surface area contributed by atoms with Gasteiger partial charge in [0.1, 0.15) is 0 Å². The highest BCUT2D eigenvalue weighted by Crippen LogP contribution is 2.09. The van der Waals surface area contributed by atoms with E-state index in [0.717, 1.165) is 9.75 Å². The fraction of sp³-hybridized carbons (Fsp3) is 0.286. The normalized spacial score (nSPS) is 10.2. The summed E-state index contributed by atoms with van der Waals surface area (Å²) in [6.07, 6.45) is 0.807. The minimum absolute atomic E-state index is 0.0139. The molecule has 0 aliphatic carbocycles. The maximum Gasteiger partial charge on any atom is 0.225 e. The molecule has 2 aromatic rings. The van der Waals surface area contributed by atoms with Gasteiger partial charge in [-0.05, 0) is 22.9 Å². The Bertz CT molecular complexity index is 485. The average Bonchev–Trinajstić information content (AvgIpc) is 3.08. The molecule has 0 aromatic carbocycles. The minimum atomic E-state index is -0.0139. The molecule has 0 spiro atoms. The van der Waals surface area contributed by atoms with Gasteiger partial charge in [0.15, 0.2) is 0 Å². The molecule has 4 nitrogen and oxygen atoms in total. The van der Waals surface area contributed by atoms with Gasteiger partial charge in [-0.1, -0.05) is 12.1 Å². The molecule has 106 valence electrons. The third-order valence-corrected chi connectivity index (χ3v) is 4.35. The summed E-state index contributed by atoms with van der Waals surface area (Å²) < 4.78 is 0. The zero-order chi connectivity index (χ0) is 14.2. The molecule has 0 saturated carbocycles. The van der Waals surface area contributed by atoms with Crippen LogP contribution < -0.4 is 10.6 Å². The van der Waals surface area contributed by atoms with Crippen molar-refractivity contribution in [1.29, 1.82) is 0 Å². The van der Waals surface area contributed by atoms with E-state index in [2.05, 4.69) is 10.6 Å². The van der Waals surface area contributed by atoms with E-state index in [-0.39, 0.29) is 11.8 Å². The van der Waals surface area contributed by atoms with E-state index >= 15 is 0 Å². The Kier molecular flexibility index (Phi) is 5.76. The second-order valence-electron chi connectivity index (χ2n) is 4.21. The van der Waals surface area contributed by atoms with Gasteiger partial charge in [-0.3, -0.25) is 9.59 Å². The molecule has 20 heavy (non-hydrogen) atoms. The quantitative estimate of drug-likeness (QED) is 0.767. The number of carbonyl (C=O) groups is 2. The lowest BCUT2D eigenvalue weighted by Gasteiger charge is -2.06. The summed E-state index contributed by atoms with van der Waals surface area (Å²) in [7, 11) is 0. The Morgan fingerprint density at radius 1 is 0.850 bits per heavy atom. The number of hydrogen-bond acceptors (Lipinski definition) is 4. The van der Waals surface area contributed by atoms with Crippen LogP contribution in [0.2, 0.25) is 0 Å². The molecule has 0 aliphatic heterocycles. The molecule has 0 unspecified atom stereocenters. The molecule has 2 rings (SSSR count). The predicted octanol–water partition coefficient (Wildman–Crippen LogP) is 1.83. The van der Waals surface area contributed by atoms with Crippen LogP contribution in [-0.2, 0) is 22.4 Å². The lowest BCUT2D eigenvalue weighted by atomic mass is 10.3. The number of amides is 2. The first-order valence-electron chi connectivity index (χ1n) is 6.32. The second kappa shape index (κ2) is 7.81. The van der Waals surface area contributed by atoms with Crippen molar-refractivity contribution < 1.29 is 9.59 Å². The summed E-state index contributed by atoms with van der Waals surface area (Å²) in [5.74, 6) is -0.0279. The van der Waals surface area contributed by atoms with Gasteiger partial charge in [0.25, 0.3) is 0 Å². The molecule has 6 heteroatoms. The van der Waals surface area contributed by atoms with Crippen molar-refractivity contribution in [1.82, 2.24) is 10.6 Å². The van der Waals surface area contributed by atoms with E-state index in [1.165, 1.54) is 0 Å². The number of hydrogen-bond donors (Lipinski definition) is 2. The number of thiophene rings is 2. The third kappa shape index (κ3) is 5.14. The molecular weight excluding hydrogens is 292 g/mol. The monoisotopic (exact) mass is 308 g/mol. The zero-order valence-corrected chi connectivity index (χ0v) is 12.6. The van der Waals surface area contributed by atoms with Crippen LogP contribution in [0, 0.1) is 0 Å². The van der Waals surface area contributed by atoms with Gasteiger partial charge in [0.2, 0.25) is 11.8 Å². The SMILES string of the molecule is O=C(Cc1cccs1)NCCNC(=O)Cc1cccs1. The van der Waals surface area contributed by atoms with E-state index in [1.54, 1.807) is 22.7 Å². The summed E-state index contributed by atoms with van der Waals surface area (Å²) in [4.78, 5) is 25.3. The fourth-order valence-electron chi connectivity index (χ4n) is 1.67. The van der Waals surface area contributed by atoms with Crippen LogP contribution in [0.5, 0.6) is 0 Å². The van der Waals surface area contributed by atoms with Gasteiger partial charge in [-0.25, -0.2) is 0 Å². The van der Waals surface area contributed by atoms with Crippen LogP contribution in [0.3, 0.4) is 0 Å². The molecule has 0 fully saturated rings. The molecule has 2 amide bonds. The minimum Gasteiger partial charge on any atom is -0.354 e. The first-order chi connectivity index (χ1) is 9.74. The van der Waals surface area contributed by atoms with Gasteiger partial charge < -0.3 is 10.6 Å². The third-order valence-electron chi connectivity index (χ3n) is 2.60. The summed E-state index contributed by atoms with van der Waals surface area (Å²) in [5.41, 5.74) is 0. The van der Waals surface area contributed by atoms with Crippen LogP contribution in [0.1, 0.15) is 9.75 Å². The van der Waals surface area contributed by atoms with Gasteiger partial charge in [-0.15, -0.1) is 22.7 Å². The highest BCUT2D eigenvalue weighted by Gasteiger charge is 2.05. The lowest BCUT2D eigenvalue weighted by molar-refractivity contribution is -0.122. The van der Waals surface area contributed by atoms with Crippen molar-refractivity contribution in [3.63, 3.8) is 0 Å². The Morgan fingerprint density at radius 2 is 1.30 bits per heavy atom. The molecule has 0 aliphatic rings. The first kappa shape index (κ1) is 14.7. The fourth-order valence-corrected chi connectivity index (χ4v) is 3.08. The molecule has 0 saturated heterocycles. The number of rotatable bonds is 7. The summed E-state index contributed by atoms with van der Waals surface area (Å²) in [6.45, 7) is 0.917. The van der Waals surface area contributed by atoms with Gasteiger partial charge in [-0.2, -0.15) is 0 Å². The summed E-state index contributed by atoms with van der Waals surface area (Å²) >= 11 is 3.14. The first-order valence-corrected chi connectivity index (χ1v) is 8.08. The van der Waals surface area contributed by atoms with Crippen molar-refractivity contribution in [2.24, 2.45) is 0 Å². The summed E-state index contributed by atoms with van der Waals surface area (Å²) in [5, 5.41) is 9.49.